The van der Waals surface area contributed by atoms with Gasteiger partial charge in [0, 0.05) is 18.8 Å². The summed E-state index contributed by atoms with van der Waals surface area (Å²) in [5.41, 5.74) is 2.69. The van der Waals surface area contributed by atoms with E-state index in [4.69, 9.17) is 16.3 Å². The number of halogens is 1. The van der Waals surface area contributed by atoms with Gasteiger partial charge >= 0.3 is 0 Å². The van der Waals surface area contributed by atoms with Crippen molar-refractivity contribution in [2.75, 3.05) is 11.8 Å². The molecule has 1 N–H and O–H groups in total. The van der Waals surface area contributed by atoms with E-state index < -0.39 is 0 Å². The quantitative estimate of drug-likeness (QED) is 0.548. The highest BCUT2D eigenvalue weighted by molar-refractivity contribution is 8.00. The van der Waals surface area contributed by atoms with E-state index in [1.807, 2.05) is 44.4 Å². The molecule has 0 unspecified atom stereocenters. The first-order valence-corrected chi connectivity index (χ1v) is 8.37. The predicted octanol–water partition coefficient (Wildman–Crippen LogP) is 3.97. The van der Waals surface area contributed by atoms with Crippen LogP contribution in [0.3, 0.4) is 0 Å². The number of nitrogens with zero attached hydrogens (tertiary/aromatic N) is 4. The van der Waals surface area contributed by atoms with Crippen LogP contribution in [-0.2, 0) is 7.05 Å². The summed E-state index contributed by atoms with van der Waals surface area (Å²) in [5.74, 6) is 0.871. The van der Waals surface area contributed by atoms with Crippen LogP contribution < -0.4 is 9.46 Å². The molecule has 0 spiro atoms. The number of hydrogen-bond acceptors (Lipinski definition) is 6. The fraction of sp³-hybridized carbons (Fsp3) is 0.188. The van der Waals surface area contributed by atoms with E-state index in [2.05, 4.69) is 19.8 Å². The molecule has 2 aromatic heterocycles. The Labute approximate surface area is 149 Å². The van der Waals surface area contributed by atoms with E-state index in [-0.39, 0.29) is 5.15 Å². The van der Waals surface area contributed by atoms with E-state index in [1.54, 1.807) is 18.0 Å². The standard InChI is InChI=1S/C16H16ClN5OS/c1-10-6-4-5-7-12(10)13-14(23-3)15(17)20-16(19-13)21-24-11-8-18-22(2)9-11/h4-9H,1-3H3,(H,19,20,21). The van der Waals surface area contributed by atoms with Crippen molar-refractivity contribution in [3.05, 3.63) is 47.4 Å². The maximum atomic E-state index is 6.28. The number of anilines is 1. The first-order chi connectivity index (χ1) is 11.6. The smallest absolute Gasteiger partial charge is 0.235 e. The summed E-state index contributed by atoms with van der Waals surface area (Å²) < 4.78 is 10.2. The molecule has 24 heavy (non-hydrogen) atoms. The number of rotatable bonds is 5. The van der Waals surface area contributed by atoms with Gasteiger partial charge in [-0.05, 0) is 24.4 Å². The van der Waals surface area contributed by atoms with Gasteiger partial charge in [-0.25, -0.2) is 4.98 Å². The second kappa shape index (κ2) is 7.11. The zero-order valence-corrected chi connectivity index (χ0v) is 15.0. The summed E-state index contributed by atoms with van der Waals surface area (Å²) in [5, 5.41) is 4.38. The molecule has 3 rings (SSSR count). The average molecular weight is 362 g/mol. The Kier molecular flexibility index (Phi) is 4.92. The average Bonchev–Trinajstić information content (AvgIpc) is 2.98. The molecular formula is C16H16ClN5OS. The second-order valence-corrected chi connectivity index (χ2v) is 6.33. The van der Waals surface area contributed by atoms with Crippen molar-refractivity contribution in [1.82, 2.24) is 19.7 Å². The van der Waals surface area contributed by atoms with Crippen molar-refractivity contribution in [3.63, 3.8) is 0 Å². The third kappa shape index (κ3) is 3.47. The fourth-order valence-electron chi connectivity index (χ4n) is 2.23. The Morgan fingerprint density at radius 3 is 2.71 bits per heavy atom. The number of aromatic nitrogens is 4. The molecule has 8 heteroatoms. The molecule has 0 saturated heterocycles. The molecular weight excluding hydrogens is 346 g/mol. The van der Waals surface area contributed by atoms with Crippen LogP contribution in [0, 0.1) is 6.92 Å². The van der Waals surface area contributed by atoms with Crippen LogP contribution >= 0.6 is 23.5 Å². The highest BCUT2D eigenvalue weighted by atomic mass is 35.5. The highest BCUT2D eigenvalue weighted by Crippen LogP contribution is 2.36. The van der Waals surface area contributed by atoms with Gasteiger partial charge in [-0.15, -0.1) is 0 Å². The van der Waals surface area contributed by atoms with Crippen molar-refractivity contribution in [2.24, 2.45) is 7.05 Å². The zero-order chi connectivity index (χ0) is 17.1. The Morgan fingerprint density at radius 1 is 1.25 bits per heavy atom. The minimum absolute atomic E-state index is 0.264. The summed E-state index contributed by atoms with van der Waals surface area (Å²) >= 11 is 7.65. The van der Waals surface area contributed by atoms with Crippen molar-refractivity contribution in [1.29, 1.82) is 0 Å². The monoisotopic (exact) mass is 361 g/mol. The van der Waals surface area contributed by atoms with Gasteiger partial charge in [0.25, 0.3) is 0 Å². The van der Waals surface area contributed by atoms with Gasteiger partial charge in [-0.3, -0.25) is 9.40 Å². The number of nitrogens with one attached hydrogen (secondary N) is 1. The molecule has 0 aliphatic carbocycles. The summed E-state index contributed by atoms with van der Waals surface area (Å²) in [6, 6.07) is 7.93. The molecule has 0 aliphatic heterocycles. The summed E-state index contributed by atoms with van der Waals surface area (Å²) in [7, 11) is 3.42. The van der Waals surface area contributed by atoms with Crippen LogP contribution in [0.2, 0.25) is 5.15 Å². The lowest BCUT2D eigenvalue weighted by Crippen LogP contribution is -2.01. The lowest BCUT2D eigenvalue weighted by atomic mass is 10.1. The van der Waals surface area contributed by atoms with E-state index in [0.717, 1.165) is 16.0 Å². The summed E-state index contributed by atoms with van der Waals surface area (Å²) in [6.45, 7) is 2.02. The second-order valence-electron chi connectivity index (χ2n) is 5.09. The minimum Gasteiger partial charge on any atom is -0.491 e. The summed E-state index contributed by atoms with van der Waals surface area (Å²) in [6.07, 6.45) is 3.65. The van der Waals surface area contributed by atoms with Gasteiger partial charge < -0.3 is 4.74 Å². The van der Waals surface area contributed by atoms with Gasteiger partial charge in [-0.2, -0.15) is 10.1 Å². The maximum Gasteiger partial charge on any atom is 0.235 e. The Balaban J connectivity index is 1.96. The van der Waals surface area contributed by atoms with Gasteiger partial charge in [0.2, 0.25) is 5.95 Å². The van der Waals surface area contributed by atoms with Gasteiger partial charge in [0.05, 0.1) is 18.2 Å². The topological polar surface area (TPSA) is 64.9 Å². The number of methoxy groups -OCH3 is 1. The van der Waals surface area contributed by atoms with Crippen LogP contribution in [0.25, 0.3) is 11.3 Å². The van der Waals surface area contributed by atoms with Gasteiger partial charge in [-0.1, -0.05) is 35.9 Å². The lowest BCUT2D eigenvalue weighted by Gasteiger charge is -2.13. The molecule has 6 nitrogen and oxygen atoms in total. The molecule has 0 bridgehead atoms. The van der Waals surface area contributed by atoms with E-state index in [1.165, 1.54) is 11.9 Å². The summed E-state index contributed by atoms with van der Waals surface area (Å²) in [4.78, 5) is 9.78. The molecule has 0 radical (unpaired) electrons. The maximum absolute atomic E-state index is 6.28. The number of aryl methyl sites for hydroxylation is 2. The first kappa shape index (κ1) is 16.6. The van der Waals surface area contributed by atoms with Gasteiger partial charge in [0.15, 0.2) is 10.9 Å². The molecule has 124 valence electrons. The SMILES string of the molecule is COc1c(Cl)nc(NSc2cnn(C)c2)nc1-c1ccccc1C. The third-order valence-electron chi connectivity index (χ3n) is 3.37. The molecule has 0 fully saturated rings. The van der Waals surface area contributed by atoms with Crippen LogP contribution in [0.5, 0.6) is 5.75 Å². The molecule has 0 saturated carbocycles. The first-order valence-electron chi connectivity index (χ1n) is 7.17. The predicted molar refractivity (Wildman–Crippen MR) is 96.5 cm³/mol. The largest absolute Gasteiger partial charge is 0.491 e. The Bertz CT molecular complexity index is 867. The Morgan fingerprint density at radius 2 is 2.04 bits per heavy atom. The molecule has 0 aliphatic rings. The molecule has 0 atom stereocenters. The van der Waals surface area contributed by atoms with Crippen molar-refractivity contribution in [2.45, 2.75) is 11.8 Å². The normalized spacial score (nSPS) is 10.7. The van der Waals surface area contributed by atoms with Crippen LogP contribution in [-0.4, -0.2) is 26.9 Å². The Hall–Kier alpha value is -2.25. The number of hydrogen-bond donors (Lipinski definition) is 1. The third-order valence-corrected chi connectivity index (χ3v) is 4.36. The molecule has 1 aromatic carbocycles. The number of benzene rings is 1. The minimum atomic E-state index is 0.264. The van der Waals surface area contributed by atoms with Gasteiger partial charge in [0.1, 0.15) is 5.69 Å². The number of ether oxygens (including phenoxy) is 1. The molecule has 2 heterocycles. The fourth-order valence-corrected chi connectivity index (χ4v) is 3.08. The van der Waals surface area contributed by atoms with Crippen molar-refractivity contribution in [3.8, 4) is 17.0 Å². The van der Waals surface area contributed by atoms with E-state index in [9.17, 15) is 0 Å². The molecule has 0 amide bonds. The van der Waals surface area contributed by atoms with Crippen LogP contribution in [0.15, 0.2) is 41.6 Å². The highest BCUT2D eigenvalue weighted by Gasteiger charge is 2.17. The van der Waals surface area contributed by atoms with Crippen LogP contribution in [0.1, 0.15) is 5.56 Å². The zero-order valence-electron chi connectivity index (χ0n) is 13.4. The van der Waals surface area contributed by atoms with Crippen molar-refractivity contribution < 1.29 is 4.74 Å². The van der Waals surface area contributed by atoms with Crippen LogP contribution in [0.4, 0.5) is 5.95 Å². The van der Waals surface area contributed by atoms with E-state index in [0.29, 0.717) is 17.4 Å². The van der Waals surface area contributed by atoms with Crippen molar-refractivity contribution >= 4 is 29.5 Å². The molecule has 3 aromatic rings. The lowest BCUT2D eigenvalue weighted by molar-refractivity contribution is 0.413. The van der Waals surface area contributed by atoms with E-state index >= 15 is 0 Å².